The van der Waals surface area contributed by atoms with Crippen molar-refractivity contribution >= 4 is 23.2 Å². The van der Waals surface area contributed by atoms with Gasteiger partial charge in [0.1, 0.15) is 23.4 Å². The van der Waals surface area contributed by atoms with Gasteiger partial charge in [0, 0.05) is 17.2 Å². The fourth-order valence-electron chi connectivity index (χ4n) is 1.34. The van der Waals surface area contributed by atoms with Gasteiger partial charge in [-0.2, -0.15) is 5.26 Å². The van der Waals surface area contributed by atoms with E-state index in [1.165, 1.54) is 24.3 Å². The average Bonchev–Trinajstić information content (AvgIpc) is 2.34. The van der Waals surface area contributed by atoms with Gasteiger partial charge in [0.05, 0.1) is 10.6 Å². The lowest BCUT2D eigenvalue weighted by atomic mass is 10.2. The van der Waals surface area contributed by atoms with Gasteiger partial charge < -0.3 is 4.74 Å². The molecule has 0 radical (unpaired) electrons. The molecule has 0 bridgehead atoms. The highest BCUT2D eigenvalue weighted by atomic mass is 35.5. The Hall–Kier alpha value is -1.76. The Labute approximate surface area is 113 Å². The van der Waals surface area contributed by atoms with Gasteiger partial charge in [0.2, 0.25) is 0 Å². The predicted octanol–water partition coefficient (Wildman–Crippen LogP) is 4.80. The summed E-state index contributed by atoms with van der Waals surface area (Å²) in [4.78, 5) is 0. The summed E-state index contributed by atoms with van der Waals surface area (Å²) in [5.74, 6) is -0.0721. The second-order valence-corrected chi connectivity index (χ2v) is 4.27. The highest BCUT2D eigenvalue weighted by Gasteiger charge is 2.07. The molecule has 2 aromatic carbocycles. The lowest BCUT2D eigenvalue weighted by molar-refractivity contribution is 0.475. The summed E-state index contributed by atoms with van der Waals surface area (Å²) in [5.41, 5.74) is 0.315. The quantitative estimate of drug-likeness (QED) is 0.792. The van der Waals surface area contributed by atoms with Crippen molar-refractivity contribution in [2.45, 2.75) is 0 Å². The lowest BCUT2D eigenvalue weighted by Crippen LogP contribution is -1.89. The highest BCUT2D eigenvalue weighted by Crippen LogP contribution is 2.29. The summed E-state index contributed by atoms with van der Waals surface area (Å²) in [6, 6.07) is 10.6. The predicted molar refractivity (Wildman–Crippen MR) is 67.7 cm³/mol. The number of halogens is 3. The summed E-state index contributed by atoms with van der Waals surface area (Å²) >= 11 is 11.4. The molecule has 0 aliphatic rings. The summed E-state index contributed by atoms with van der Waals surface area (Å²) in [6.45, 7) is 0. The minimum Gasteiger partial charge on any atom is -0.456 e. The Morgan fingerprint density at radius 3 is 2.56 bits per heavy atom. The van der Waals surface area contributed by atoms with Gasteiger partial charge in [0.15, 0.2) is 0 Å². The summed E-state index contributed by atoms with van der Waals surface area (Å²) in [7, 11) is 0. The van der Waals surface area contributed by atoms with Gasteiger partial charge in [-0.1, -0.05) is 23.2 Å². The van der Waals surface area contributed by atoms with Crippen LogP contribution >= 0.6 is 23.2 Å². The lowest BCUT2D eigenvalue weighted by Gasteiger charge is -2.08. The van der Waals surface area contributed by atoms with Crippen LogP contribution in [0.5, 0.6) is 11.5 Å². The molecule has 0 saturated carbocycles. The topological polar surface area (TPSA) is 33.0 Å². The number of benzene rings is 2. The Morgan fingerprint density at radius 2 is 1.89 bits per heavy atom. The van der Waals surface area contributed by atoms with Crippen molar-refractivity contribution in [1.29, 1.82) is 5.26 Å². The maximum Gasteiger partial charge on any atom is 0.146 e. The zero-order valence-electron chi connectivity index (χ0n) is 8.95. The van der Waals surface area contributed by atoms with E-state index in [1.54, 1.807) is 6.07 Å². The minimum atomic E-state index is -0.588. The third kappa shape index (κ3) is 2.73. The van der Waals surface area contributed by atoms with Crippen LogP contribution in [0.2, 0.25) is 10.0 Å². The van der Waals surface area contributed by atoms with E-state index >= 15 is 0 Å². The first-order chi connectivity index (χ1) is 8.60. The van der Waals surface area contributed by atoms with Crippen molar-refractivity contribution in [3.63, 3.8) is 0 Å². The third-order valence-electron chi connectivity index (χ3n) is 2.18. The normalized spacial score (nSPS) is 9.89. The number of nitrogens with zero attached hydrogens (tertiary/aromatic N) is 1. The zero-order chi connectivity index (χ0) is 13.1. The van der Waals surface area contributed by atoms with Crippen LogP contribution in [-0.4, -0.2) is 0 Å². The average molecular weight is 282 g/mol. The van der Waals surface area contributed by atoms with Crippen LogP contribution in [0, 0.1) is 17.1 Å². The van der Waals surface area contributed by atoms with Crippen LogP contribution in [0.1, 0.15) is 5.56 Å². The molecule has 90 valence electrons. The van der Waals surface area contributed by atoms with E-state index < -0.39 is 5.82 Å². The van der Waals surface area contributed by atoms with Crippen molar-refractivity contribution < 1.29 is 9.13 Å². The zero-order valence-corrected chi connectivity index (χ0v) is 10.5. The van der Waals surface area contributed by atoms with Crippen LogP contribution in [0.25, 0.3) is 0 Å². The van der Waals surface area contributed by atoms with Crippen molar-refractivity contribution in [3.8, 4) is 17.6 Å². The molecule has 0 fully saturated rings. The Kier molecular flexibility index (Phi) is 3.71. The van der Waals surface area contributed by atoms with Gasteiger partial charge >= 0.3 is 0 Å². The maximum absolute atomic E-state index is 13.2. The molecule has 0 N–H and O–H groups in total. The number of hydrogen-bond donors (Lipinski definition) is 0. The molecule has 0 saturated heterocycles. The van der Waals surface area contributed by atoms with Gasteiger partial charge in [-0.25, -0.2) is 4.39 Å². The molecule has 0 aliphatic carbocycles. The fourth-order valence-corrected chi connectivity index (χ4v) is 1.62. The van der Waals surface area contributed by atoms with Crippen molar-refractivity contribution in [1.82, 2.24) is 0 Å². The third-order valence-corrected chi connectivity index (χ3v) is 2.72. The van der Waals surface area contributed by atoms with Crippen LogP contribution in [0.15, 0.2) is 36.4 Å². The first kappa shape index (κ1) is 12.7. The first-order valence-electron chi connectivity index (χ1n) is 4.92. The van der Waals surface area contributed by atoms with E-state index in [4.69, 9.17) is 33.2 Å². The number of rotatable bonds is 2. The first-order valence-corrected chi connectivity index (χ1v) is 5.68. The van der Waals surface area contributed by atoms with Crippen LogP contribution < -0.4 is 4.74 Å². The molecule has 0 amide bonds. The van der Waals surface area contributed by atoms with Gasteiger partial charge in [-0.05, 0) is 24.3 Å². The smallest absolute Gasteiger partial charge is 0.146 e. The summed E-state index contributed by atoms with van der Waals surface area (Å²) < 4.78 is 18.7. The van der Waals surface area contributed by atoms with E-state index in [0.717, 1.165) is 6.07 Å². The van der Waals surface area contributed by atoms with Gasteiger partial charge in [0.25, 0.3) is 0 Å². The fraction of sp³-hybridized carbons (Fsp3) is 0. The van der Waals surface area contributed by atoms with Gasteiger partial charge in [-0.15, -0.1) is 0 Å². The maximum atomic E-state index is 13.2. The van der Waals surface area contributed by atoms with Crippen molar-refractivity contribution in [3.05, 3.63) is 57.8 Å². The Morgan fingerprint density at radius 1 is 1.11 bits per heavy atom. The Balaban J connectivity index is 2.36. The van der Waals surface area contributed by atoms with E-state index in [2.05, 4.69) is 0 Å². The second kappa shape index (κ2) is 5.26. The van der Waals surface area contributed by atoms with E-state index in [0.29, 0.717) is 10.6 Å². The van der Waals surface area contributed by atoms with Crippen molar-refractivity contribution in [2.75, 3.05) is 0 Å². The number of nitriles is 1. The molecule has 2 aromatic rings. The second-order valence-electron chi connectivity index (χ2n) is 3.43. The van der Waals surface area contributed by atoms with E-state index in [9.17, 15) is 4.39 Å². The molecular formula is C13H6Cl2FNO. The molecule has 0 heterocycles. The summed E-state index contributed by atoms with van der Waals surface area (Å²) in [5, 5.41) is 9.36. The van der Waals surface area contributed by atoms with Gasteiger partial charge in [-0.3, -0.25) is 0 Å². The van der Waals surface area contributed by atoms with E-state index in [-0.39, 0.29) is 16.5 Å². The monoisotopic (exact) mass is 281 g/mol. The van der Waals surface area contributed by atoms with Crippen LogP contribution in [-0.2, 0) is 0 Å². The molecule has 0 spiro atoms. The number of hydrogen-bond acceptors (Lipinski definition) is 2. The van der Waals surface area contributed by atoms with E-state index in [1.807, 2.05) is 6.07 Å². The summed E-state index contributed by atoms with van der Waals surface area (Å²) in [6.07, 6.45) is 0. The largest absolute Gasteiger partial charge is 0.456 e. The molecular weight excluding hydrogens is 276 g/mol. The molecule has 0 unspecified atom stereocenters. The minimum absolute atomic E-state index is 0.00829. The van der Waals surface area contributed by atoms with Crippen LogP contribution in [0.3, 0.4) is 0 Å². The molecule has 5 heteroatoms. The standard InChI is InChI=1S/C13H6Cl2FNO/c14-9-2-1-8(7-17)13(5-9)18-10-3-4-11(15)12(16)6-10/h1-6H. The SMILES string of the molecule is N#Cc1ccc(Cl)cc1Oc1ccc(Cl)c(F)c1. The highest BCUT2D eigenvalue weighted by molar-refractivity contribution is 6.31. The molecule has 0 atom stereocenters. The number of ether oxygens (including phenoxy) is 1. The molecule has 0 aliphatic heterocycles. The molecule has 2 rings (SSSR count). The van der Waals surface area contributed by atoms with Crippen LogP contribution in [0.4, 0.5) is 4.39 Å². The Bertz CT molecular complexity index is 637. The molecule has 2 nitrogen and oxygen atoms in total. The molecule has 18 heavy (non-hydrogen) atoms. The molecule has 0 aromatic heterocycles. The van der Waals surface area contributed by atoms with Crippen molar-refractivity contribution in [2.24, 2.45) is 0 Å².